The summed E-state index contributed by atoms with van der Waals surface area (Å²) in [5.41, 5.74) is 0. The maximum Gasteiger partial charge on any atom is 0.327 e. The Kier molecular flexibility index (Phi) is 13.5. The van der Waals surface area contributed by atoms with Crippen molar-refractivity contribution in [1.82, 2.24) is 0 Å². The monoisotopic (exact) mass is 418 g/mol. The second kappa shape index (κ2) is 14.3. The van der Waals surface area contributed by atoms with Gasteiger partial charge in [0.15, 0.2) is 5.25 Å². The van der Waals surface area contributed by atoms with Crippen molar-refractivity contribution in [3.8, 4) is 0 Å². The lowest BCUT2D eigenvalue weighted by molar-refractivity contribution is -0.151. The van der Waals surface area contributed by atoms with Crippen LogP contribution < -0.4 is 0 Å². The summed E-state index contributed by atoms with van der Waals surface area (Å²) in [7, 11) is -4.79. The summed E-state index contributed by atoms with van der Waals surface area (Å²) in [6.07, 6.45) is 7.33. The van der Waals surface area contributed by atoms with Gasteiger partial charge in [0.05, 0.1) is 19.6 Å². The van der Waals surface area contributed by atoms with Gasteiger partial charge in [0.25, 0.3) is 10.1 Å². The highest BCUT2D eigenvalue weighted by molar-refractivity contribution is 7.87. The van der Waals surface area contributed by atoms with E-state index in [0.717, 1.165) is 38.5 Å². The number of allylic oxidation sites excluding steroid dienone is 2. The predicted molar refractivity (Wildman–Crippen MR) is 108 cm³/mol. The number of hydrogen-bond donors (Lipinski definition) is 1. The van der Waals surface area contributed by atoms with E-state index < -0.39 is 33.7 Å². The smallest absolute Gasteiger partial charge is 0.327 e. The molecule has 0 aromatic rings. The van der Waals surface area contributed by atoms with Crippen LogP contribution in [0.25, 0.3) is 0 Å². The molecule has 0 spiro atoms. The zero-order chi connectivity index (χ0) is 21.6. The number of rotatable bonds is 16. The minimum Gasteiger partial charge on any atom is -0.465 e. The Labute approximate surface area is 168 Å². The van der Waals surface area contributed by atoms with Crippen LogP contribution in [-0.4, -0.2) is 43.4 Å². The first kappa shape index (κ1) is 26.3. The molecule has 0 aromatic carbocycles. The first-order valence-electron chi connectivity index (χ1n) is 9.69. The van der Waals surface area contributed by atoms with Gasteiger partial charge in [-0.25, -0.2) is 0 Å². The molecule has 162 valence electrons. The molecule has 0 aliphatic rings. The van der Waals surface area contributed by atoms with Crippen molar-refractivity contribution in [3.05, 3.63) is 25.3 Å². The summed E-state index contributed by atoms with van der Waals surface area (Å²) < 4.78 is 42.6. The lowest BCUT2D eigenvalue weighted by atomic mass is 10.0. The highest BCUT2D eigenvalue weighted by Gasteiger charge is 2.36. The SMILES string of the molecule is C=CCC[C@@H](CC)COC(=O)C(CC(=O)OC[C@@H](CC)CCC=C)S(=O)(=O)O. The summed E-state index contributed by atoms with van der Waals surface area (Å²) in [5.74, 6) is -1.84. The fraction of sp³-hybridized carbons (Fsp3) is 0.700. The van der Waals surface area contributed by atoms with E-state index in [1.807, 2.05) is 13.8 Å². The molecule has 0 aliphatic heterocycles. The predicted octanol–water partition coefficient (Wildman–Crippen LogP) is 3.70. The molecule has 0 aromatic heterocycles. The molecule has 28 heavy (non-hydrogen) atoms. The number of carbonyl (C=O) groups is 2. The Morgan fingerprint density at radius 1 is 0.964 bits per heavy atom. The van der Waals surface area contributed by atoms with Gasteiger partial charge >= 0.3 is 11.9 Å². The van der Waals surface area contributed by atoms with E-state index in [1.54, 1.807) is 12.2 Å². The molecule has 3 atom stereocenters. The van der Waals surface area contributed by atoms with E-state index in [-0.39, 0.29) is 25.0 Å². The highest BCUT2D eigenvalue weighted by atomic mass is 32.2. The summed E-state index contributed by atoms with van der Waals surface area (Å²) in [4.78, 5) is 24.2. The van der Waals surface area contributed by atoms with Crippen LogP contribution in [0.1, 0.15) is 58.8 Å². The molecule has 0 amide bonds. The Morgan fingerprint density at radius 2 is 1.43 bits per heavy atom. The minimum absolute atomic E-state index is 0.0176. The third-order valence-electron chi connectivity index (χ3n) is 4.63. The summed E-state index contributed by atoms with van der Waals surface area (Å²) in [6, 6.07) is 0. The van der Waals surface area contributed by atoms with Crippen molar-refractivity contribution >= 4 is 22.1 Å². The Hall–Kier alpha value is -1.67. The van der Waals surface area contributed by atoms with E-state index in [2.05, 4.69) is 13.2 Å². The largest absolute Gasteiger partial charge is 0.465 e. The van der Waals surface area contributed by atoms with Crippen molar-refractivity contribution in [2.24, 2.45) is 11.8 Å². The van der Waals surface area contributed by atoms with Gasteiger partial charge in [-0.1, -0.05) is 38.8 Å². The van der Waals surface area contributed by atoms with Gasteiger partial charge in [-0.2, -0.15) is 8.42 Å². The van der Waals surface area contributed by atoms with Crippen molar-refractivity contribution in [3.63, 3.8) is 0 Å². The van der Waals surface area contributed by atoms with Crippen LogP contribution in [0, 0.1) is 11.8 Å². The van der Waals surface area contributed by atoms with E-state index in [1.165, 1.54) is 0 Å². The van der Waals surface area contributed by atoms with Gasteiger partial charge in [-0.05, 0) is 37.5 Å². The van der Waals surface area contributed by atoms with E-state index in [9.17, 15) is 22.6 Å². The second-order valence-electron chi connectivity index (χ2n) is 6.80. The molecule has 1 unspecified atom stereocenters. The molecule has 7 nitrogen and oxygen atoms in total. The molecule has 0 bridgehead atoms. The van der Waals surface area contributed by atoms with Crippen LogP contribution in [0.4, 0.5) is 0 Å². The maximum atomic E-state index is 12.2. The normalized spacial score (nSPS) is 14.5. The van der Waals surface area contributed by atoms with Crippen molar-refractivity contribution in [2.75, 3.05) is 13.2 Å². The van der Waals surface area contributed by atoms with Gasteiger partial charge in [0.1, 0.15) is 0 Å². The molecule has 0 saturated heterocycles. The average Bonchev–Trinajstić information content (AvgIpc) is 2.65. The number of esters is 2. The van der Waals surface area contributed by atoms with E-state index in [4.69, 9.17) is 9.47 Å². The Morgan fingerprint density at radius 3 is 1.82 bits per heavy atom. The summed E-state index contributed by atoms with van der Waals surface area (Å²) in [5, 5.41) is -1.98. The fourth-order valence-electron chi connectivity index (χ4n) is 2.54. The molecular weight excluding hydrogens is 384 g/mol. The van der Waals surface area contributed by atoms with Crippen LogP contribution in [0.5, 0.6) is 0 Å². The van der Waals surface area contributed by atoms with Crippen LogP contribution in [-0.2, 0) is 29.2 Å². The first-order valence-corrected chi connectivity index (χ1v) is 11.2. The molecule has 0 fully saturated rings. The standard InChI is InChI=1S/C20H34O7S/c1-5-9-11-16(7-3)14-26-19(21)13-18(28(23,24)25)20(22)27-15-17(8-4)12-10-6-2/h5-6,16-18H,1-2,7-15H2,3-4H3,(H,23,24,25)/t16-,17+,18?/m0/s1. The van der Waals surface area contributed by atoms with Crippen molar-refractivity contribution in [2.45, 2.75) is 64.0 Å². The van der Waals surface area contributed by atoms with E-state index in [0.29, 0.717) is 0 Å². The molecular formula is C20H34O7S. The Bertz CT molecular complexity index is 598. The molecule has 0 rings (SSSR count). The molecule has 0 heterocycles. The molecule has 0 aliphatic carbocycles. The minimum atomic E-state index is -4.79. The van der Waals surface area contributed by atoms with Crippen molar-refractivity contribution in [1.29, 1.82) is 0 Å². The molecule has 8 heteroatoms. The lowest BCUT2D eigenvalue weighted by Gasteiger charge is -2.18. The average molecular weight is 419 g/mol. The van der Waals surface area contributed by atoms with Gasteiger partial charge in [-0.3, -0.25) is 14.1 Å². The molecule has 0 saturated carbocycles. The van der Waals surface area contributed by atoms with Crippen LogP contribution in [0.15, 0.2) is 25.3 Å². The zero-order valence-electron chi connectivity index (χ0n) is 17.0. The topological polar surface area (TPSA) is 107 Å². The molecule has 0 radical (unpaired) electrons. The number of hydrogen-bond acceptors (Lipinski definition) is 6. The van der Waals surface area contributed by atoms with Crippen LogP contribution in [0.3, 0.4) is 0 Å². The Balaban J connectivity index is 4.76. The lowest BCUT2D eigenvalue weighted by Crippen LogP contribution is -2.35. The maximum absolute atomic E-state index is 12.2. The van der Waals surface area contributed by atoms with Gasteiger partial charge in [-0.15, -0.1) is 13.2 Å². The zero-order valence-corrected chi connectivity index (χ0v) is 17.8. The summed E-state index contributed by atoms with van der Waals surface area (Å²) >= 11 is 0. The quantitative estimate of drug-likeness (QED) is 0.231. The van der Waals surface area contributed by atoms with Gasteiger partial charge < -0.3 is 9.47 Å². The fourth-order valence-corrected chi connectivity index (χ4v) is 3.20. The van der Waals surface area contributed by atoms with Gasteiger partial charge in [0, 0.05) is 0 Å². The number of ether oxygens (including phenoxy) is 2. The first-order chi connectivity index (χ1) is 13.2. The van der Waals surface area contributed by atoms with Crippen LogP contribution in [0.2, 0.25) is 0 Å². The summed E-state index contributed by atoms with van der Waals surface area (Å²) in [6.45, 7) is 11.3. The van der Waals surface area contributed by atoms with E-state index >= 15 is 0 Å². The molecule has 1 N–H and O–H groups in total. The van der Waals surface area contributed by atoms with Crippen LogP contribution >= 0.6 is 0 Å². The third kappa shape index (κ3) is 11.2. The third-order valence-corrected chi connectivity index (χ3v) is 5.71. The highest BCUT2D eigenvalue weighted by Crippen LogP contribution is 2.16. The number of carbonyl (C=O) groups excluding carboxylic acids is 2. The van der Waals surface area contributed by atoms with Gasteiger partial charge in [0.2, 0.25) is 0 Å². The van der Waals surface area contributed by atoms with Crippen molar-refractivity contribution < 1.29 is 32.0 Å². The second-order valence-corrected chi connectivity index (χ2v) is 8.40.